The maximum atomic E-state index is 12.3. The van der Waals surface area contributed by atoms with E-state index in [0.29, 0.717) is 12.2 Å². The molecule has 0 aliphatic carbocycles. The molecule has 1 aromatic heterocycles. The van der Waals surface area contributed by atoms with Crippen molar-refractivity contribution >= 4 is 15.7 Å². The summed E-state index contributed by atoms with van der Waals surface area (Å²) in [4.78, 5) is 0.251. The molecule has 2 rings (SSSR count). The molecular weight excluding hydrogens is 276 g/mol. The van der Waals surface area contributed by atoms with Crippen LogP contribution in [0.2, 0.25) is 0 Å². The number of nitrogens with zero attached hydrogens (tertiary/aromatic N) is 1. The summed E-state index contributed by atoms with van der Waals surface area (Å²) in [6, 6.07) is 5.19. The van der Waals surface area contributed by atoms with Crippen LogP contribution in [0.15, 0.2) is 35.5 Å². The summed E-state index contributed by atoms with van der Waals surface area (Å²) in [6.45, 7) is 2.69. The van der Waals surface area contributed by atoms with Gasteiger partial charge in [0.05, 0.1) is 16.8 Å². The predicted octanol–water partition coefficient (Wildman–Crippen LogP) is 1.49. The zero-order valence-corrected chi connectivity index (χ0v) is 12.3. The SMILES string of the molecule is CCc1ccc(S(=O)(=O)Nc2cn[nH]c2)cc1CNC. The second kappa shape index (κ2) is 6.06. The van der Waals surface area contributed by atoms with Crippen molar-refractivity contribution < 1.29 is 8.42 Å². The van der Waals surface area contributed by atoms with E-state index in [4.69, 9.17) is 0 Å². The van der Waals surface area contributed by atoms with Crippen LogP contribution in [0.25, 0.3) is 0 Å². The first kappa shape index (κ1) is 14.5. The lowest BCUT2D eigenvalue weighted by atomic mass is 10.1. The molecule has 0 saturated carbocycles. The van der Waals surface area contributed by atoms with Crippen LogP contribution < -0.4 is 10.0 Å². The van der Waals surface area contributed by atoms with Crippen molar-refractivity contribution in [1.29, 1.82) is 0 Å². The third-order valence-corrected chi connectivity index (χ3v) is 4.37. The van der Waals surface area contributed by atoms with Crippen LogP contribution in [0.3, 0.4) is 0 Å². The molecule has 0 atom stereocenters. The van der Waals surface area contributed by atoms with Gasteiger partial charge in [-0.2, -0.15) is 5.10 Å². The molecule has 108 valence electrons. The molecule has 1 aromatic carbocycles. The molecule has 0 spiro atoms. The Balaban J connectivity index is 2.34. The quantitative estimate of drug-likeness (QED) is 0.753. The highest BCUT2D eigenvalue weighted by Gasteiger charge is 2.16. The lowest BCUT2D eigenvalue weighted by Crippen LogP contribution is -2.14. The van der Waals surface area contributed by atoms with E-state index in [-0.39, 0.29) is 4.90 Å². The first-order valence-corrected chi connectivity index (χ1v) is 7.83. The third-order valence-electron chi connectivity index (χ3n) is 2.99. The van der Waals surface area contributed by atoms with Crippen LogP contribution >= 0.6 is 0 Å². The number of H-pyrrole nitrogens is 1. The minimum atomic E-state index is -3.59. The molecule has 7 heteroatoms. The highest BCUT2D eigenvalue weighted by atomic mass is 32.2. The molecule has 0 fully saturated rings. The van der Waals surface area contributed by atoms with Gasteiger partial charge >= 0.3 is 0 Å². The van der Waals surface area contributed by atoms with Crippen molar-refractivity contribution in [2.45, 2.75) is 24.8 Å². The summed E-state index contributed by atoms with van der Waals surface area (Å²) in [5.74, 6) is 0. The Morgan fingerprint density at radius 1 is 1.30 bits per heavy atom. The molecule has 3 N–H and O–H groups in total. The molecule has 1 heterocycles. The number of hydrogen-bond donors (Lipinski definition) is 3. The number of nitrogens with one attached hydrogen (secondary N) is 3. The molecule has 6 nitrogen and oxygen atoms in total. The Morgan fingerprint density at radius 3 is 2.70 bits per heavy atom. The minimum Gasteiger partial charge on any atom is -0.316 e. The predicted molar refractivity (Wildman–Crippen MR) is 78.0 cm³/mol. The van der Waals surface area contributed by atoms with Crippen molar-refractivity contribution in [1.82, 2.24) is 15.5 Å². The summed E-state index contributed by atoms with van der Waals surface area (Å²) in [5.41, 5.74) is 2.55. The van der Waals surface area contributed by atoms with Crippen LogP contribution in [-0.4, -0.2) is 25.7 Å². The van der Waals surface area contributed by atoms with Gasteiger partial charge in [0, 0.05) is 12.7 Å². The lowest BCUT2D eigenvalue weighted by Gasteiger charge is -2.11. The molecule has 0 saturated heterocycles. The van der Waals surface area contributed by atoms with Crippen LogP contribution in [0, 0.1) is 0 Å². The van der Waals surface area contributed by atoms with E-state index < -0.39 is 10.0 Å². The fraction of sp³-hybridized carbons (Fsp3) is 0.308. The van der Waals surface area contributed by atoms with Gasteiger partial charge in [0.1, 0.15) is 0 Å². The van der Waals surface area contributed by atoms with Crippen molar-refractivity contribution in [3.8, 4) is 0 Å². The first-order chi connectivity index (χ1) is 9.56. The van der Waals surface area contributed by atoms with Gasteiger partial charge in [-0.1, -0.05) is 13.0 Å². The third kappa shape index (κ3) is 3.17. The van der Waals surface area contributed by atoms with E-state index in [2.05, 4.69) is 20.2 Å². The molecule has 0 amide bonds. The van der Waals surface area contributed by atoms with E-state index in [9.17, 15) is 8.42 Å². The van der Waals surface area contributed by atoms with E-state index in [0.717, 1.165) is 17.5 Å². The van der Waals surface area contributed by atoms with Crippen molar-refractivity contribution in [2.24, 2.45) is 0 Å². The highest BCUT2D eigenvalue weighted by molar-refractivity contribution is 7.92. The smallest absolute Gasteiger partial charge is 0.262 e. The number of anilines is 1. The molecule has 0 unspecified atom stereocenters. The van der Waals surface area contributed by atoms with E-state index in [1.165, 1.54) is 12.4 Å². The highest BCUT2D eigenvalue weighted by Crippen LogP contribution is 2.19. The summed E-state index contributed by atoms with van der Waals surface area (Å²) in [5, 5.41) is 9.33. The second-order valence-electron chi connectivity index (χ2n) is 4.41. The average Bonchev–Trinajstić information content (AvgIpc) is 2.91. The molecule has 0 aliphatic rings. The van der Waals surface area contributed by atoms with Gasteiger partial charge < -0.3 is 5.32 Å². The summed E-state index contributed by atoms with van der Waals surface area (Å²) in [6.07, 6.45) is 3.78. The van der Waals surface area contributed by atoms with Gasteiger partial charge in [0.2, 0.25) is 0 Å². The van der Waals surface area contributed by atoms with Crippen LogP contribution in [0.4, 0.5) is 5.69 Å². The van der Waals surface area contributed by atoms with Crippen LogP contribution in [0.5, 0.6) is 0 Å². The second-order valence-corrected chi connectivity index (χ2v) is 6.09. The number of aryl methyl sites for hydroxylation is 1. The number of benzene rings is 1. The van der Waals surface area contributed by atoms with Crippen molar-refractivity contribution in [3.05, 3.63) is 41.7 Å². The molecule has 0 radical (unpaired) electrons. The Bertz CT molecular complexity index is 666. The fourth-order valence-corrected chi connectivity index (χ4v) is 3.07. The van der Waals surface area contributed by atoms with Crippen LogP contribution in [-0.2, 0) is 23.0 Å². The average molecular weight is 294 g/mol. The van der Waals surface area contributed by atoms with Gasteiger partial charge in [-0.05, 0) is 36.7 Å². The number of sulfonamides is 1. The zero-order chi connectivity index (χ0) is 14.6. The van der Waals surface area contributed by atoms with Gasteiger partial charge in [-0.3, -0.25) is 9.82 Å². The maximum absolute atomic E-state index is 12.3. The largest absolute Gasteiger partial charge is 0.316 e. The standard InChI is InChI=1S/C13H18N4O2S/c1-3-10-4-5-13(6-11(10)7-14-2)20(18,19)17-12-8-15-16-9-12/h4-6,8-9,14,17H,3,7H2,1-2H3,(H,15,16). The number of rotatable bonds is 6. The molecule has 2 aromatic rings. The Labute approximate surface area is 118 Å². The van der Waals surface area contributed by atoms with Gasteiger partial charge in [-0.15, -0.1) is 0 Å². The summed E-state index contributed by atoms with van der Waals surface area (Å²) < 4.78 is 27.0. The maximum Gasteiger partial charge on any atom is 0.262 e. The Hall–Kier alpha value is -1.86. The van der Waals surface area contributed by atoms with Gasteiger partial charge in [0.25, 0.3) is 10.0 Å². The van der Waals surface area contributed by atoms with Gasteiger partial charge in [0.15, 0.2) is 0 Å². The molecular formula is C13H18N4O2S. The normalized spacial score (nSPS) is 11.5. The minimum absolute atomic E-state index is 0.251. The lowest BCUT2D eigenvalue weighted by molar-refractivity contribution is 0.601. The molecule has 20 heavy (non-hydrogen) atoms. The number of aromatic amines is 1. The monoisotopic (exact) mass is 294 g/mol. The van der Waals surface area contributed by atoms with E-state index >= 15 is 0 Å². The van der Waals surface area contributed by atoms with E-state index in [1.807, 2.05) is 20.0 Å². The van der Waals surface area contributed by atoms with Crippen molar-refractivity contribution in [2.75, 3.05) is 11.8 Å². The zero-order valence-electron chi connectivity index (χ0n) is 11.5. The summed E-state index contributed by atoms with van der Waals surface area (Å²) in [7, 11) is -1.75. The van der Waals surface area contributed by atoms with E-state index in [1.54, 1.807) is 12.1 Å². The van der Waals surface area contributed by atoms with Crippen LogP contribution in [0.1, 0.15) is 18.1 Å². The van der Waals surface area contributed by atoms with Crippen molar-refractivity contribution in [3.63, 3.8) is 0 Å². The summed E-state index contributed by atoms with van der Waals surface area (Å²) >= 11 is 0. The topological polar surface area (TPSA) is 86.9 Å². The Kier molecular flexibility index (Phi) is 4.41. The Morgan fingerprint density at radius 2 is 2.10 bits per heavy atom. The van der Waals surface area contributed by atoms with Gasteiger partial charge in [-0.25, -0.2) is 8.42 Å². The first-order valence-electron chi connectivity index (χ1n) is 6.35. The molecule has 0 aliphatic heterocycles. The number of aromatic nitrogens is 2. The number of hydrogen-bond acceptors (Lipinski definition) is 4. The fourth-order valence-electron chi connectivity index (χ4n) is 1.99. The molecule has 0 bridgehead atoms.